The molecule has 0 saturated carbocycles. The molecular weight excluding hydrogens is 136 g/mol. The number of aliphatic carboxylic acids is 1. The van der Waals surface area contributed by atoms with Crippen LogP contribution in [0.25, 0.3) is 0 Å². The average Bonchev–Trinajstić information content (AvgIpc) is 1.84. The van der Waals surface area contributed by atoms with Crippen molar-refractivity contribution in [1.82, 2.24) is 0 Å². The van der Waals surface area contributed by atoms with Crippen LogP contribution in [0.4, 0.5) is 0 Å². The molecule has 0 aromatic heterocycles. The standard InChI is InChI=1S/C4H10N4O2/c5-1(3(7)8)2(6)4(9)10/h3H,5-8H2,(H,9,10). The molecule has 0 aromatic carbocycles. The lowest BCUT2D eigenvalue weighted by Crippen LogP contribution is -2.39. The summed E-state index contributed by atoms with van der Waals surface area (Å²) in [7, 11) is 0. The quantitative estimate of drug-likeness (QED) is 0.214. The maximum Gasteiger partial charge on any atom is 0.353 e. The minimum atomic E-state index is -1.32. The summed E-state index contributed by atoms with van der Waals surface area (Å²) < 4.78 is 0. The highest BCUT2D eigenvalue weighted by Crippen LogP contribution is 1.90. The van der Waals surface area contributed by atoms with E-state index >= 15 is 0 Å². The molecule has 0 bridgehead atoms. The monoisotopic (exact) mass is 146 g/mol. The van der Waals surface area contributed by atoms with Crippen molar-refractivity contribution in [2.24, 2.45) is 22.9 Å². The maximum atomic E-state index is 10.1. The SMILES string of the molecule is NC(C(=O)O)=C(N)C(N)N. The first-order valence-corrected chi connectivity index (χ1v) is 2.46. The number of hydrogen-bond donors (Lipinski definition) is 5. The second-order valence-corrected chi connectivity index (χ2v) is 1.70. The molecule has 0 aliphatic carbocycles. The molecule has 58 valence electrons. The molecule has 0 aromatic rings. The van der Waals surface area contributed by atoms with E-state index in [2.05, 4.69) is 0 Å². The Labute approximate surface area is 57.5 Å². The smallest absolute Gasteiger partial charge is 0.353 e. The van der Waals surface area contributed by atoms with Crippen LogP contribution in [0.2, 0.25) is 0 Å². The van der Waals surface area contributed by atoms with Crippen molar-refractivity contribution < 1.29 is 9.90 Å². The van der Waals surface area contributed by atoms with Gasteiger partial charge in [-0.1, -0.05) is 0 Å². The lowest BCUT2D eigenvalue weighted by atomic mass is 10.3. The first kappa shape index (κ1) is 8.73. The minimum Gasteiger partial charge on any atom is -0.477 e. The van der Waals surface area contributed by atoms with E-state index in [1.807, 2.05) is 0 Å². The fraction of sp³-hybridized carbons (Fsp3) is 0.250. The molecule has 9 N–H and O–H groups in total. The van der Waals surface area contributed by atoms with Gasteiger partial charge in [0.25, 0.3) is 0 Å². The fourth-order valence-electron chi connectivity index (χ4n) is 0.303. The van der Waals surface area contributed by atoms with E-state index in [9.17, 15) is 4.79 Å². The van der Waals surface area contributed by atoms with Crippen LogP contribution in [-0.4, -0.2) is 17.2 Å². The van der Waals surface area contributed by atoms with Gasteiger partial charge in [-0.25, -0.2) is 4.79 Å². The summed E-state index contributed by atoms with van der Waals surface area (Å²) in [6, 6.07) is 0. The zero-order valence-corrected chi connectivity index (χ0v) is 5.24. The summed E-state index contributed by atoms with van der Waals surface area (Å²) in [5.41, 5.74) is 19.4. The van der Waals surface area contributed by atoms with Gasteiger partial charge in [0.2, 0.25) is 0 Å². The molecular formula is C4H10N4O2. The molecule has 6 nitrogen and oxygen atoms in total. The first-order valence-electron chi connectivity index (χ1n) is 2.46. The second kappa shape index (κ2) is 3.04. The van der Waals surface area contributed by atoms with Crippen molar-refractivity contribution in [3.8, 4) is 0 Å². The van der Waals surface area contributed by atoms with Crippen LogP contribution in [0.5, 0.6) is 0 Å². The molecule has 0 rings (SSSR count). The van der Waals surface area contributed by atoms with Crippen LogP contribution in [0.1, 0.15) is 0 Å². The fourth-order valence-corrected chi connectivity index (χ4v) is 0.303. The van der Waals surface area contributed by atoms with Gasteiger partial charge >= 0.3 is 5.97 Å². The summed E-state index contributed by atoms with van der Waals surface area (Å²) in [6.07, 6.45) is -1.02. The predicted molar refractivity (Wildman–Crippen MR) is 35.2 cm³/mol. The third-order valence-corrected chi connectivity index (χ3v) is 0.901. The van der Waals surface area contributed by atoms with Crippen molar-refractivity contribution in [2.45, 2.75) is 6.17 Å². The third-order valence-electron chi connectivity index (χ3n) is 0.901. The zero-order chi connectivity index (χ0) is 8.31. The Hall–Kier alpha value is -1.27. The summed E-state index contributed by atoms with van der Waals surface area (Å²) in [6.45, 7) is 0. The zero-order valence-electron chi connectivity index (χ0n) is 5.24. The molecule has 0 saturated heterocycles. The molecule has 0 atom stereocenters. The van der Waals surface area contributed by atoms with Crippen LogP contribution in [0.3, 0.4) is 0 Å². The maximum absolute atomic E-state index is 10.1. The molecule has 0 amide bonds. The van der Waals surface area contributed by atoms with Crippen LogP contribution < -0.4 is 22.9 Å². The predicted octanol–water partition coefficient (Wildman–Crippen LogP) is -2.56. The van der Waals surface area contributed by atoms with Gasteiger partial charge in [0.05, 0.1) is 11.9 Å². The van der Waals surface area contributed by atoms with Gasteiger partial charge in [0.1, 0.15) is 5.70 Å². The van der Waals surface area contributed by atoms with Gasteiger partial charge in [-0.05, 0) is 0 Å². The molecule has 0 radical (unpaired) electrons. The van der Waals surface area contributed by atoms with Gasteiger partial charge in [0, 0.05) is 0 Å². The van der Waals surface area contributed by atoms with Crippen molar-refractivity contribution in [1.29, 1.82) is 0 Å². The van der Waals surface area contributed by atoms with E-state index in [1.54, 1.807) is 0 Å². The Morgan fingerprint density at radius 1 is 1.30 bits per heavy atom. The third kappa shape index (κ3) is 1.92. The highest BCUT2D eigenvalue weighted by molar-refractivity contribution is 5.86. The number of carboxylic acid groups (broad SMARTS) is 1. The van der Waals surface area contributed by atoms with Crippen LogP contribution >= 0.6 is 0 Å². The Bertz CT molecular complexity index is 174. The number of carbonyl (C=O) groups is 1. The molecule has 0 heterocycles. The van der Waals surface area contributed by atoms with Crippen molar-refractivity contribution in [3.63, 3.8) is 0 Å². The molecule has 10 heavy (non-hydrogen) atoms. The van der Waals surface area contributed by atoms with Crippen molar-refractivity contribution >= 4 is 5.97 Å². The topological polar surface area (TPSA) is 141 Å². The van der Waals surface area contributed by atoms with Gasteiger partial charge in [0.15, 0.2) is 0 Å². The van der Waals surface area contributed by atoms with E-state index in [1.165, 1.54) is 0 Å². The Kier molecular flexibility index (Phi) is 2.65. The molecule has 6 heteroatoms. The van der Waals surface area contributed by atoms with Crippen molar-refractivity contribution in [3.05, 3.63) is 11.4 Å². The molecule has 0 spiro atoms. The summed E-state index contributed by atoms with van der Waals surface area (Å²) in [5.74, 6) is -1.32. The first-order chi connectivity index (χ1) is 4.46. The van der Waals surface area contributed by atoms with Crippen molar-refractivity contribution in [2.75, 3.05) is 0 Å². The van der Waals surface area contributed by atoms with E-state index in [0.29, 0.717) is 0 Å². The van der Waals surface area contributed by atoms with E-state index < -0.39 is 17.8 Å². The summed E-state index contributed by atoms with van der Waals surface area (Å²) >= 11 is 0. The van der Waals surface area contributed by atoms with Gasteiger partial charge < -0.3 is 28.0 Å². The lowest BCUT2D eigenvalue weighted by Gasteiger charge is -2.06. The highest BCUT2D eigenvalue weighted by atomic mass is 16.4. The lowest BCUT2D eigenvalue weighted by molar-refractivity contribution is -0.132. The summed E-state index contributed by atoms with van der Waals surface area (Å²) in [5, 5.41) is 8.23. The average molecular weight is 146 g/mol. The molecule has 0 aliphatic rings. The van der Waals surface area contributed by atoms with Gasteiger partial charge in [-0.3, -0.25) is 0 Å². The van der Waals surface area contributed by atoms with E-state index in [0.717, 1.165) is 0 Å². The second-order valence-electron chi connectivity index (χ2n) is 1.70. The Morgan fingerprint density at radius 3 is 1.80 bits per heavy atom. The van der Waals surface area contributed by atoms with Crippen LogP contribution in [0.15, 0.2) is 11.4 Å². The van der Waals surface area contributed by atoms with Crippen LogP contribution in [-0.2, 0) is 4.79 Å². The Balaban J connectivity index is 4.50. The number of nitrogens with two attached hydrogens (primary N) is 4. The van der Waals surface area contributed by atoms with E-state index in [4.69, 9.17) is 28.0 Å². The van der Waals surface area contributed by atoms with Gasteiger partial charge in [-0.15, -0.1) is 0 Å². The number of hydrogen-bond acceptors (Lipinski definition) is 5. The normalized spacial score (nSPS) is 13.1. The summed E-state index contributed by atoms with van der Waals surface area (Å²) in [4.78, 5) is 10.1. The largest absolute Gasteiger partial charge is 0.477 e. The molecule has 0 unspecified atom stereocenters. The molecule has 0 fully saturated rings. The van der Waals surface area contributed by atoms with E-state index in [-0.39, 0.29) is 5.70 Å². The van der Waals surface area contributed by atoms with Crippen LogP contribution in [0, 0.1) is 0 Å². The minimum absolute atomic E-state index is 0.215. The highest BCUT2D eigenvalue weighted by Gasteiger charge is 2.09. The van der Waals surface area contributed by atoms with Gasteiger partial charge in [-0.2, -0.15) is 0 Å². The number of rotatable bonds is 2. The Morgan fingerprint density at radius 2 is 1.70 bits per heavy atom. The molecule has 0 aliphatic heterocycles. The number of carboxylic acids is 1.